The Balaban J connectivity index is 3.33. The first-order valence-corrected chi connectivity index (χ1v) is 4.40. The lowest BCUT2D eigenvalue weighted by atomic mass is 10.3. The summed E-state index contributed by atoms with van der Waals surface area (Å²) in [6, 6.07) is 0. The van der Waals surface area contributed by atoms with Crippen LogP contribution in [0.4, 0.5) is 0 Å². The molecule has 0 amide bonds. The molecule has 0 aromatic carbocycles. The molecule has 0 aliphatic rings. The molecule has 0 rings (SSSR count). The van der Waals surface area contributed by atoms with Crippen LogP contribution in [0.2, 0.25) is 0 Å². The lowest BCUT2D eigenvalue weighted by Crippen LogP contribution is -1.86. The van der Waals surface area contributed by atoms with E-state index in [2.05, 4.69) is 31.9 Å². The number of thioether (sulfide) groups is 1. The molecule has 51 valence electrons. The van der Waals surface area contributed by atoms with Gasteiger partial charge in [-0.05, 0) is 19.6 Å². The largest absolute Gasteiger partial charge is 0.149 e. The van der Waals surface area contributed by atoms with Gasteiger partial charge in [0.25, 0.3) is 0 Å². The van der Waals surface area contributed by atoms with Crippen molar-refractivity contribution in [2.24, 2.45) is 0 Å². The third kappa shape index (κ3) is 5.79. The van der Waals surface area contributed by atoms with E-state index in [0.717, 1.165) is 12.8 Å². The molecule has 1 unspecified atom stereocenters. The minimum Gasteiger partial charge on any atom is -0.149 e. The van der Waals surface area contributed by atoms with Gasteiger partial charge in [0.15, 0.2) is 0 Å². The van der Waals surface area contributed by atoms with Gasteiger partial charge >= 0.3 is 0 Å². The quantitative estimate of drug-likeness (QED) is 0.532. The standard InChI is InChI=1S/C8H13S/c1-4-5-6-7-8(2)9-3/h8H,1,4-5H2,2-3H3. The fourth-order valence-electron chi connectivity index (χ4n) is 0.363. The van der Waals surface area contributed by atoms with Crippen molar-refractivity contribution in [3.05, 3.63) is 6.92 Å². The smallest absolute Gasteiger partial charge is 0.0626 e. The molecule has 0 heterocycles. The molecule has 0 bridgehead atoms. The first kappa shape index (κ1) is 8.91. The van der Waals surface area contributed by atoms with Gasteiger partial charge in [-0.2, -0.15) is 0 Å². The summed E-state index contributed by atoms with van der Waals surface area (Å²) in [5.74, 6) is 6.16. The molecule has 0 saturated heterocycles. The van der Waals surface area contributed by atoms with Crippen molar-refractivity contribution < 1.29 is 0 Å². The molecular formula is C8H13S. The molecule has 0 saturated carbocycles. The Morgan fingerprint density at radius 2 is 2.33 bits per heavy atom. The summed E-state index contributed by atoms with van der Waals surface area (Å²) in [7, 11) is 0. The zero-order valence-electron chi connectivity index (χ0n) is 6.11. The van der Waals surface area contributed by atoms with Gasteiger partial charge in [-0.1, -0.05) is 12.8 Å². The van der Waals surface area contributed by atoms with E-state index in [1.54, 1.807) is 11.8 Å². The van der Waals surface area contributed by atoms with E-state index in [0.29, 0.717) is 5.25 Å². The highest BCUT2D eigenvalue weighted by atomic mass is 32.2. The van der Waals surface area contributed by atoms with E-state index in [1.807, 2.05) is 0 Å². The average Bonchev–Trinajstić information content (AvgIpc) is 1.89. The van der Waals surface area contributed by atoms with E-state index >= 15 is 0 Å². The van der Waals surface area contributed by atoms with Gasteiger partial charge in [-0.15, -0.1) is 17.7 Å². The van der Waals surface area contributed by atoms with E-state index in [-0.39, 0.29) is 0 Å². The molecule has 0 aliphatic carbocycles. The average molecular weight is 141 g/mol. The van der Waals surface area contributed by atoms with Crippen LogP contribution in [0.5, 0.6) is 0 Å². The first-order valence-electron chi connectivity index (χ1n) is 3.11. The molecule has 0 nitrogen and oxygen atoms in total. The second-order valence-corrected chi connectivity index (χ2v) is 2.98. The summed E-state index contributed by atoms with van der Waals surface area (Å²) in [6.07, 6.45) is 3.93. The number of hydrogen-bond donors (Lipinski definition) is 0. The molecule has 0 aliphatic heterocycles. The van der Waals surface area contributed by atoms with Crippen molar-refractivity contribution in [2.75, 3.05) is 6.26 Å². The lowest BCUT2D eigenvalue weighted by molar-refractivity contribution is 1.08. The lowest BCUT2D eigenvalue weighted by Gasteiger charge is -1.93. The maximum absolute atomic E-state index is 3.70. The van der Waals surface area contributed by atoms with Gasteiger partial charge in [0, 0.05) is 6.42 Å². The summed E-state index contributed by atoms with van der Waals surface area (Å²) in [5, 5.41) is 0.483. The SMILES string of the molecule is [CH2]CCC#CC(C)SC. The van der Waals surface area contributed by atoms with Crippen LogP contribution in [0.1, 0.15) is 19.8 Å². The van der Waals surface area contributed by atoms with Crippen molar-refractivity contribution in [3.8, 4) is 11.8 Å². The first-order chi connectivity index (χ1) is 4.31. The van der Waals surface area contributed by atoms with Gasteiger partial charge < -0.3 is 0 Å². The van der Waals surface area contributed by atoms with E-state index < -0.39 is 0 Å². The van der Waals surface area contributed by atoms with Crippen molar-refractivity contribution in [1.29, 1.82) is 0 Å². The van der Waals surface area contributed by atoms with Crippen molar-refractivity contribution in [2.45, 2.75) is 25.0 Å². The summed E-state index contributed by atoms with van der Waals surface area (Å²) < 4.78 is 0. The number of hydrogen-bond acceptors (Lipinski definition) is 1. The molecule has 0 spiro atoms. The summed E-state index contributed by atoms with van der Waals surface area (Å²) in [5.41, 5.74) is 0. The Morgan fingerprint density at radius 1 is 1.67 bits per heavy atom. The molecule has 0 N–H and O–H groups in total. The van der Waals surface area contributed by atoms with Gasteiger partial charge in [-0.25, -0.2) is 0 Å². The van der Waals surface area contributed by atoms with Crippen LogP contribution in [0.15, 0.2) is 0 Å². The predicted octanol–water partition coefficient (Wildman–Crippen LogP) is 2.36. The Bertz CT molecular complexity index is 107. The highest BCUT2D eigenvalue weighted by Crippen LogP contribution is 2.01. The van der Waals surface area contributed by atoms with E-state index in [9.17, 15) is 0 Å². The zero-order chi connectivity index (χ0) is 7.11. The summed E-state index contributed by atoms with van der Waals surface area (Å²) in [4.78, 5) is 0. The van der Waals surface area contributed by atoms with Gasteiger partial charge in [0.1, 0.15) is 0 Å². The van der Waals surface area contributed by atoms with E-state index in [4.69, 9.17) is 0 Å². The Morgan fingerprint density at radius 3 is 2.78 bits per heavy atom. The molecule has 0 aromatic heterocycles. The monoisotopic (exact) mass is 141 g/mol. The highest BCUT2D eigenvalue weighted by Gasteiger charge is 1.87. The van der Waals surface area contributed by atoms with Crippen LogP contribution < -0.4 is 0 Å². The van der Waals surface area contributed by atoms with Gasteiger partial charge in [0.05, 0.1) is 5.25 Å². The predicted molar refractivity (Wildman–Crippen MR) is 45.3 cm³/mol. The Labute approximate surface area is 62.4 Å². The zero-order valence-corrected chi connectivity index (χ0v) is 6.92. The minimum atomic E-state index is 0.483. The second kappa shape index (κ2) is 6.04. The maximum atomic E-state index is 3.70. The Kier molecular flexibility index (Phi) is 5.98. The molecule has 9 heavy (non-hydrogen) atoms. The summed E-state index contributed by atoms with van der Waals surface area (Å²) >= 11 is 1.78. The minimum absolute atomic E-state index is 0.483. The van der Waals surface area contributed by atoms with Crippen molar-refractivity contribution in [1.82, 2.24) is 0 Å². The van der Waals surface area contributed by atoms with Crippen LogP contribution in [0, 0.1) is 18.8 Å². The molecule has 0 fully saturated rings. The van der Waals surface area contributed by atoms with Crippen LogP contribution in [0.3, 0.4) is 0 Å². The second-order valence-electron chi connectivity index (χ2n) is 1.80. The molecule has 1 heteroatoms. The molecule has 0 aromatic rings. The number of unbranched alkanes of at least 4 members (excludes halogenated alkanes) is 1. The third-order valence-electron chi connectivity index (χ3n) is 0.961. The number of rotatable bonds is 2. The summed E-state index contributed by atoms with van der Waals surface area (Å²) in [6.45, 7) is 5.81. The molecule has 1 radical (unpaired) electrons. The van der Waals surface area contributed by atoms with Crippen LogP contribution in [-0.2, 0) is 0 Å². The fraction of sp³-hybridized carbons (Fsp3) is 0.625. The highest BCUT2D eigenvalue weighted by molar-refractivity contribution is 7.99. The van der Waals surface area contributed by atoms with Crippen LogP contribution >= 0.6 is 11.8 Å². The van der Waals surface area contributed by atoms with Crippen LogP contribution in [0.25, 0.3) is 0 Å². The van der Waals surface area contributed by atoms with E-state index in [1.165, 1.54) is 0 Å². The van der Waals surface area contributed by atoms with Crippen molar-refractivity contribution in [3.63, 3.8) is 0 Å². The van der Waals surface area contributed by atoms with Gasteiger partial charge in [0.2, 0.25) is 0 Å². The molecular weight excluding hydrogens is 128 g/mol. The van der Waals surface area contributed by atoms with Gasteiger partial charge in [-0.3, -0.25) is 0 Å². The Hall–Kier alpha value is -0.0900. The third-order valence-corrected chi connectivity index (χ3v) is 1.79. The normalized spacial score (nSPS) is 11.9. The topological polar surface area (TPSA) is 0 Å². The fourth-order valence-corrected chi connectivity index (χ4v) is 0.564. The van der Waals surface area contributed by atoms with Crippen molar-refractivity contribution >= 4 is 11.8 Å². The molecule has 1 atom stereocenters. The van der Waals surface area contributed by atoms with Crippen LogP contribution in [-0.4, -0.2) is 11.5 Å². The maximum Gasteiger partial charge on any atom is 0.0626 e.